The summed E-state index contributed by atoms with van der Waals surface area (Å²) in [7, 11) is 0. The van der Waals surface area contributed by atoms with Gasteiger partial charge in [0.05, 0.1) is 32.5 Å². The molecule has 1 aliphatic rings. The van der Waals surface area contributed by atoms with Crippen molar-refractivity contribution in [1.82, 2.24) is 14.5 Å². The Labute approximate surface area is 146 Å². The van der Waals surface area contributed by atoms with Crippen LogP contribution in [0.5, 0.6) is 5.75 Å². The fourth-order valence-electron chi connectivity index (χ4n) is 2.96. The minimum atomic E-state index is -0.801. The number of aromatic nitrogens is 2. The van der Waals surface area contributed by atoms with Gasteiger partial charge < -0.3 is 19.1 Å². The molecule has 0 bridgehead atoms. The maximum Gasteiger partial charge on any atom is 0.305 e. The molecule has 1 aromatic carbocycles. The molecule has 7 nitrogen and oxygen atoms in total. The van der Waals surface area contributed by atoms with Crippen LogP contribution in [0.3, 0.4) is 0 Å². The molecule has 134 valence electrons. The molecule has 0 saturated carbocycles. The lowest BCUT2D eigenvalue weighted by atomic mass is 10.1. The summed E-state index contributed by atoms with van der Waals surface area (Å²) >= 11 is 0. The minimum Gasteiger partial charge on any atom is -0.491 e. The van der Waals surface area contributed by atoms with Gasteiger partial charge >= 0.3 is 5.97 Å². The average Bonchev–Trinajstić information content (AvgIpc) is 3.11. The molecule has 0 aliphatic carbocycles. The van der Waals surface area contributed by atoms with Crippen LogP contribution in [0.4, 0.5) is 0 Å². The molecule has 1 fully saturated rings. The van der Waals surface area contributed by atoms with Crippen molar-refractivity contribution >= 4 is 5.97 Å². The summed E-state index contributed by atoms with van der Waals surface area (Å²) < 4.78 is 13.4. The Kier molecular flexibility index (Phi) is 6.03. The molecule has 0 spiro atoms. The summed E-state index contributed by atoms with van der Waals surface area (Å²) in [4.78, 5) is 17.2. The van der Waals surface area contributed by atoms with Gasteiger partial charge in [0.15, 0.2) is 0 Å². The molecular weight excluding hydrogens is 322 g/mol. The van der Waals surface area contributed by atoms with Crippen molar-refractivity contribution in [3.63, 3.8) is 0 Å². The highest BCUT2D eigenvalue weighted by Crippen LogP contribution is 2.23. The summed E-state index contributed by atoms with van der Waals surface area (Å²) in [5, 5.41) is 9.10. The van der Waals surface area contributed by atoms with E-state index in [-0.39, 0.29) is 12.5 Å². The first-order valence-electron chi connectivity index (χ1n) is 8.42. The zero-order chi connectivity index (χ0) is 17.5. The number of carbonyl (C=O) groups is 1. The van der Waals surface area contributed by atoms with Gasteiger partial charge in [-0.15, -0.1) is 0 Å². The largest absolute Gasteiger partial charge is 0.491 e. The van der Waals surface area contributed by atoms with E-state index in [4.69, 9.17) is 14.6 Å². The summed E-state index contributed by atoms with van der Waals surface area (Å²) in [6, 6.07) is 7.80. The molecule has 25 heavy (non-hydrogen) atoms. The van der Waals surface area contributed by atoms with Crippen LogP contribution in [-0.4, -0.2) is 57.9 Å². The number of rotatable bonds is 8. The van der Waals surface area contributed by atoms with Gasteiger partial charge in [-0.1, -0.05) is 18.2 Å². The molecule has 0 radical (unpaired) electrons. The fraction of sp³-hybridized carbons (Fsp3) is 0.444. The van der Waals surface area contributed by atoms with Crippen LogP contribution < -0.4 is 4.74 Å². The maximum absolute atomic E-state index is 11.1. The molecule has 7 heteroatoms. The Bertz CT molecular complexity index is 675. The summed E-state index contributed by atoms with van der Waals surface area (Å²) in [5.41, 5.74) is 1.06. The number of carboxylic acid groups (broad SMARTS) is 1. The van der Waals surface area contributed by atoms with Gasteiger partial charge in [-0.2, -0.15) is 0 Å². The van der Waals surface area contributed by atoms with E-state index in [0.717, 1.165) is 24.4 Å². The Morgan fingerprint density at radius 2 is 2.28 bits per heavy atom. The molecule has 0 unspecified atom stereocenters. The number of para-hydroxylation sites is 1. The number of hydrogen-bond acceptors (Lipinski definition) is 5. The SMILES string of the molecule is O=C(O)C[C@H]1COCCN1Cc1ccccc1OCCn1ccnc1. The van der Waals surface area contributed by atoms with E-state index in [1.54, 1.807) is 12.5 Å². The lowest BCUT2D eigenvalue weighted by Gasteiger charge is -2.35. The van der Waals surface area contributed by atoms with Crippen molar-refractivity contribution in [2.45, 2.75) is 25.6 Å². The van der Waals surface area contributed by atoms with Gasteiger partial charge in [-0.05, 0) is 6.07 Å². The molecule has 3 rings (SSSR count). The van der Waals surface area contributed by atoms with Gasteiger partial charge in [0, 0.05) is 37.1 Å². The standard InChI is InChI=1S/C18H23N3O4/c22-18(23)11-16-13-24-9-8-21(16)12-15-3-1-2-4-17(15)25-10-7-20-6-5-19-14-20/h1-6,14,16H,7-13H2,(H,22,23)/t16-/m0/s1. The smallest absolute Gasteiger partial charge is 0.305 e. The van der Waals surface area contributed by atoms with Crippen LogP contribution in [-0.2, 0) is 22.6 Å². The Morgan fingerprint density at radius 1 is 1.40 bits per heavy atom. The second-order valence-corrected chi connectivity index (χ2v) is 6.05. The number of nitrogens with zero attached hydrogens (tertiary/aromatic N) is 3. The molecule has 2 aromatic rings. The summed E-state index contributed by atoms with van der Waals surface area (Å²) in [5.74, 6) is 0.0357. The maximum atomic E-state index is 11.1. The fourth-order valence-corrected chi connectivity index (χ4v) is 2.96. The number of hydrogen-bond donors (Lipinski definition) is 1. The highest BCUT2D eigenvalue weighted by molar-refractivity contribution is 5.67. The average molecular weight is 345 g/mol. The van der Waals surface area contributed by atoms with Crippen molar-refractivity contribution in [2.24, 2.45) is 0 Å². The zero-order valence-electron chi connectivity index (χ0n) is 14.1. The second-order valence-electron chi connectivity index (χ2n) is 6.05. The van der Waals surface area contributed by atoms with E-state index in [9.17, 15) is 4.79 Å². The first-order chi connectivity index (χ1) is 12.2. The van der Waals surface area contributed by atoms with Crippen molar-refractivity contribution in [2.75, 3.05) is 26.4 Å². The predicted molar refractivity (Wildman–Crippen MR) is 91.4 cm³/mol. The molecule has 1 N–H and O–H groups in total. The lowest BCUT2D eigenvalue weighted by Crippen LogP contribution is -2.45. The molecule has 1 aliphatic heterocycles. The highest BCUT2D eigenvalue weighted by Gasteiger charge is 2.26. The number of aliphatic carboxylic acids is 1. The molecular formula is C18H23N3O4. The Balaban J connectivity index is 1.62. The topological polar surface area (TPSA) is 76.8 Å². The van der Waals surface area contributed by atoms with Crippen LogP contribution in [0.2, 0.25) is 0 Å². The van der Waals surface area contributed by atoms with Gasteiger partial charge in [-0.25, -0.2) is 4.98 Å². The Morgan fingerprint density at radius 3 is 3.08 bits per heavy atom. The second kappa shape index (κ2) is 8.64. The summed E-state index contributed by atoms with van der Waals surface area (Å²) in [6.45, 7) is 3.74. The van der Waals surface area contributed by atoms with E-state index < -0.39 is 5.97 Å². The van der Waals surface area contributed by atoms with Crippen LogP contribution in [0.25, 0.3) is 0 Å². The first kappa shape index (κ1) is 17.4. The minimum absolute atomic E-state index is 0.0870. The molecule has 2 heterocycles. The van der Waals surface area contributed by atoms with E-state index in [1.807, 2.05) is 35.0 Å². The van der Waals surface area contributed by atoms with Crippen molar-refractivity contribution in [1.29, 1.82) is 0 Å². The van der Waals surface area contributed by atoms with Gasteiger partial charge in [0.1, 0.15) is 12.4 Å². The number of imidazole rings is 1. The molecule has 1 saturated heterocycles. The van der Waals surface area contributed by atoms with Crippen molar-refractivity contribution in [3.05, 3.63) is 48.5 Å². The van der Waals surface area contributed by atoms with Gasteiger partial charge in [0.2, 0.25) is 0 Å². The molecule has 1 aromatic heterocycles. The van der Waals surface area contributed by atoms with Crippen molar-refractivity contribution in [3.8, 4) is 5.75 Å². The number of benzene rings is 1. The van der Waals surface area contributed by atoms with Gasteiger partial charge in [-0.3, -0.25) is 9.69 Å². The van der Waals surface area contributed by atoms with Crippen LogP contribution in [0.1, 0.15) is 12.0 Å². The highest BCUT2D eigenvalue weighted by atomic mass is 16.5. The quantitative estimate of drug-likeness (QED) is 0.784. The first-order valence-corrected chi connectivity index (χ1v) is 8.42. The number of ether oxygens (including phenoxy) is 2. The monoisotopic (exact) mass is 345 g/mol. The zero-order valence-corrected chi connectivity index (χ0v) is 14.1. The molecule has 1 atom stereocenters. The van der Waals surface area contributed by atoms with E-state index >= 15 is 0 Å². The number of morpholine rings is 1. The molecule has 0 amide bonds. The normalized spacial score (nSPS) is 18.2. The van der Waals surface area contributed by atoms with E-state index in [0.29, 0.717) is 26.4 Å². The van der Waals surface area contributed by atoms with Crippen molar-refractivity contribution < 1.29 is 19.4 Å². The third-order valence-corrected chi connectivity index (χ3v) is 4.27. The predicted octanol–water partition coefficient (Wildman–Crippen LogP) is 1.64. The van der Waals surface area contributed by atoms with Crippen LogP contribution >= 0.6 is 0 Å². The Hall–Kier alpha value is -2.38. The van der Waals surface area contributed by atoms with Crippen LogP contribution in [0.15, 0.2) is 43.0 Å². The third-order valence-electron chi connectivity index (χ3n) is 4.27. The summed E-state index contributed by atoms with van der Waals surface area (Å²) in [6.07, 6.45) is 5.50. The van der Waals surface area contributed by atoms with Gasteiger partial charge in [0.25, 0.3) is 0 Å². The number of carboxylic acids is 1. The third kappa shape index (κ3) is 5.04. The van der Waals surface area contributed by atoms with E-state index in [2.05, 4.69) is 9.88 Å². The lowest BCUT2D eigenvalue weighted by molar-refractivity contribution is -0.140. The van der Waals surface area contributed by atoms with E-state index in [1.165, 1.54) is 0 Å². The van der Waals surface area contributed by atoms with Crippen LogP contribution in [0, 0.1) is 0 Å².